The Bertz CT molecular complexity index is 1140. The molecule has 1 saturated heterocycles. The number of benzene rings is 1. The van der Waals surface area contributed by atoms with E-state index in [1.165, 1.54) is 17.3 Å². The van der Waals surface area contributed by atoms with Crippen LogP contribution in [-0.2, 0) is 22.4 Å². The van der Waals surface area contributed by atoms with Crippen molar-refractivity contribution in [2.24, 2.45) is 0 Å². The molecule has 2 aromatic rings. The Kier molecular flexibility index (Phi) is 6.05. The third-order valence-electron chi connectivity index (χ3n) is 6.54. The van der Waals surface area contributed by atoms with Gasteiger partial charge in [0.15, 0.2) is 0 Å². The highest BCUT2D eigenvalue weighted by Gasteiger charge is 2.29. The van der Waals surface area contributed by atoms with E-state index in [4.69, 9.17) is 9.15 Å². The molecule has 2 amide bonds. The number of nitrogens with one attached hydrogen (secondary N) is 2. The normalized spacial score (nSPS) is 19.1. The summed E-state index contributed by atoms with van der Waals surface area (Å²) in [6.45, 7) is 3.40. The Labute approximate surface area is 190 Å². The Morgan fingerprint density at radius 2 is 1.85 bits per heavy atom. The Hall–Kier alpha value is -2.95. The average molecular weight is 456 g/mol. The maximum Gasteiger partial charge on any atom is 0.349 e. The molecule has 0 aliphatic carbocycles. The van der Waals surface area contributed by atoms with Crippen LogP contribution in [0.2, 0.25) is 0 Å². The first-order chi connectivity index (χ1) is 16.0. The van der Waals surface area contributed by atoms with Gasteiger partial charge in [-0.2, -0.15) is 0 Å². The van der Waals surface area contributed by atoms with Crippen molar-refractivity contribution in [1.82, 2.24) is 15.8 Å². The fourth-order valence-corrected chi connectivity index (χ4v) is 4.94. The highest BCUT2D eigenvalue weighted by Crippen LogP contribution is 2.39. The van der Waals surface area contributed by atoms with E-state index in [9.17, 15) is 19.5 Å². The van der Waals surface area contributed by atoms with Crippen molar-refractivity contribution in [1.29, 1.82) is 0 Å². The van der Waals surface area contributed by atoms with Gasteiger partial charge in [-0.3, -0.25) is 15.0 Å². The zero-order chi connectivity index (χ0) is 22.9. The standard InChI is InChI=1S/C23H28N4O6/c28-13-18(22(30)25-27-7-9-32-10-8-27)24-21(29)17-12-15-11-14-3-1-5-26-6-2-4-16(19(14)26)20(15)33-23(17)31/h11-12,18,28H,1-10,13H2,(H,24,29)(H,25,30). The van der Waals surface area contributed by atoms with Crippen LogP contribution < -0.4 is 21.3 Å². The van der Waals surface area contributed by atoms with Gasteiger partial charge in [-0.25, -0.2) is 9.80 Å². The summed E-state index contributed by atoms with van der Waals surface area (Å²) in [4.78, 5) is 40.5. The number of aliphatic hydroxyl groups is 1. The first-order valence-corrected chi connectivity index (χ1v) is 11.5. The molecular formula is C23H28N4O6. The molecule has 0 bridgehead atoms. The van der Waals surface area contributed by atoms with E-state index in [1.807, 2.05) is 6.07 Å². The molecule has 0 spiro atoms. The molecule has 4 heterocycles. The van der Waals surface area contributed by atoms with Gasteiger partial charge in [0.25, 0.3) is 11.8 Å². The lowest BCUT2D eigenvalue weighted by Gasteiger charge is -2.37. The fraction of sp³-hybridized carbons (Fsp3) is 0.522. The predicted molar refractivity (Wildman–Crippen MR) is 120 cm³/mol. The summed E-state index contributed by atoms with van der Waals surface area (Å²) in [5.41, 5.74) is 5.69. The Morgan fingerprint density at radius 1 is 1.09 bits per heavy atom. The average Bonchev–Trinajstić information content (AvgIpc) is 2.83. The summed E-state index contributed by atoms with van der Waals surface area (Å²) in [5, 5.41) is 14.5. The SMILES string of the molecule is O=C(NC(CO)C(=O)NN1CCOCC1)c1cc2cc3c4c(c2oc1=O)CCCN4CCC3. The number of aliphatic hydroxyl groups excluding tert-OH is 1. The molecule has 10 nitrogen and oxygen atoms in total. The van der Waals surface area contributed by atoms with Gasteiger partial charge in [0, 0.05) is 42.8 Å². The Balaban J connectivity index is 1.40. The number of hydrogen-bond donors (Lipinski definition) is 3. The number of amides is 2. The van der Waals surface area contributed by atoms with Crippen molar-refractivity contribution < 1.29 is 23.8 Å². The molecule has 176 valence electrons. The van der Waals surface area contributed by atoms with Gasteiger partial charge < -0.3 is 24.5 Å². The number of ether oxygens (including phenoxy) is 1. The minimum atomic E-state index is -1.20. The molecule has 1 unspecified atom stereocenters. The molecule has 0 radical (unpaired) electrons. The lowest BCUT2D eigenvalue weighted by atomic mass is 9.90. The highest BCUT2D eigenvalue weighted by atomic mass is 16.5. The van der Waals surface area contributed by atoms with Crippen LogP contribution in [0.3, 0.4) is 0 Å². The molecule has 1 aromatic heterocycles. The molecule has 10 heteroatoms. The zero-order valence-corrected chi connectivity index (χ0v) is 18.4. The molecule has 5 rings (SSSR count). The number of aryl methyl sites for hydroxylation is 2. The van der Waals surface area contributed by atoms with Crippen LogP contribution >= 0.6 is 0 Å². The lowest BCUT2D eigenvalue weighted by Crippen LogP contribution is -2.56. The Morgan fingerprint density at radius 3 is 2.61 bits per heavy atom. The fourth-order valence-electron chi connectivity index (χ4n) is 4.94. The summed E-state index contributed by atoms with van der Waals surface area (Å²) in [6, 6.07) is 2.34. The number of carbonyl (C=O) groups excluding carboxylic acids is 2. The molecule has 1 aromatic carbocycles. The molecular weight excluding hydrogens is 428 g/mol. The summed E-state index contributed by atoms with van der Waals surface area (Å²) in [7, 11) is 0. The first kappa shape index (κ1) is 21.9. The van der Waals surface area contributed by atoms with Crippen LogP contribution in [0.5, 0.6) is 0 Å². The van der Waals surface area contributed by atoms with Gasteiger partial charge in [0.1, 0.15) is 17.2 Å². The van der Waals surface area contributed by atoms with Gasteiger partial charge in [-0.15, -0.1) is 0 Å². The van der Waals surface area contributed by atoms with E-state index in [-0.39, 0.29) is 5.56 Å². The third-order valence-corrected chi connectivity index (χ3v) is 6.54. The molecule has 3 aliphatic heterocycles. The topological polar surface area (TPSA) is 124 Å². The van der Waals surface area contributed by atoms with Crippen molar-refractivity contribution >= 4 is 28.5 Å². The number of hydrogen-bond acceptors (Lipinski definition) is 8. The monoisotopic (exact) mass is 456 g/mol. The third kappa shape index (κ3) is 4.21. The molecule has 1 atom stereocenters. The number of carbonyl (C=O) groups is 2. The second-order valence-corrected chi connectivity index (χ2v) is 8.71. The second kappa shape index (κ2) is 9.12. The number of morpholine rings is 1. The zero-order valence-electron chi connectivity index (χ0n) is 18.4. The van der Waals surface area contributed by atoms with E-state index >= 15 is 0 Å². The molecule has 3 aliphatic rings. The smallest absolute Gasteiger partial charge is 0.349 e. The summed E-state index contributed by atoms with van der Waals surface area (Å²) >= 11 is 0. The number of nitrogens with zero attached hydrogens (tertiary/aromatic N) is 2. The van der Waals surface area contributed by atoms with Crippen molar-refractivity contribution in [3.8, 4) is 0 Å². The van der Waals surface area contributed by atoms with Gasteiger partial charge in [0.2, 0.25) is 0 Å². The van der Waals surface area contributed by atoms with Gasteiger partial charge >= 0.3 is 5.63 Å². The number of fused-ring (bicyclic) bond motifs is 2. The molecule has 33 heavy (non-hydrogen) atoms. The lowest BCUT2D eigenvalue weighted by molar-refractivity contribution is -0.130. The molecule has 0 saturated carbocycles. The van der Waals surface area contributed by atoms with E-state index < -0.39 is 30.1 Å². The minimum Gasteiger partial charge on any atom is -0.422 e. The highest BCUT2D eigenvalue weighted by molar-refractivity contribution is 6.00. The van der Waals surface area contributed by atoms with Crippen molar-refractivity contribution in [3.05, 3.63) is 39.2 Å². The van der Waals surface area contributed by atoms with Gasteiger partial charge in [-0.1, -0.05) is 0 Å². The largest absolute Gasteiger partial charge is 0.422 e. The predicted octanol–water partition coefficient (Wildman–Crippen LogP) is -0.0541. The quantitative estimate of drug-likeness (QED) is 0.535. The van der Waals surface area contributed by atoms with Crippen LogP contribution in [0.25, 0.3) is 11.0 Å². The number of hydrazine groups is 1. The van der Waals surface area contributed by atoms with E-state index in [1.54, 1.807) is 5.01 Å². The molecule has 1 fully saturated rings. The van der Waals surface area contributed by atoms with E-state index in [0.29, 0.717) is 37.3 Å². The maximum atomic E-state index is 12.9. The summed E-state index contributed by atoms with van der Waals surface area (Å²) in [5.74, 6) is -1.31. The van der Waals surface area contributed by atoms with Crippen molar-refractivity contribution in [2.45, 2.75) is 31.7 Å². The maximum absolute atomic E-state index is 12.9. The number of anilines is 1. The van der Waals surface area contributed by atoms with E-state index in [2.05, 4.69) is 15.6 Å². The molecule has 3 N–H and O–H groups in total. The van der Waals surface area contributed by atoms with Crippen molar-refractivity contribution in [3.63, 3.8) is 0 Å². The minimum absolute atomic E-state index is 0.184. The van der Waals surface area contributed by atoms with Crippen molar-refractivity contribution in [2.75, 3.05) is 50.9 Å². The van der Waals surface area contributed by atoms with Gasteiger partial charge in [0.05, 0.1) is 19.8 Å². The van der Waals surface area contributed by atoms with Crippen LogP contribution in [0, 0.1) is 0 Å². The summed E-state index contributed by atoms with van der Waals surface area (Å²) in [6.07, 6.45) is 3.84. The van der Waals surface area contributed by atoms with Crippen LogP contribution in [0.4, 0.5) is 5.69 Å². The first-order valence-electron chi connectivity index (χ1n) is 11.5. The second-order valence-electron chi connectivity index (χ2n) is 8.71. The number of rotatable bonds is 5. The van der Waals surface area contributed by atoms with E-state index in [0.717, 1.165) is 44.3 Å². The van der Waals surface area contributed by atoms with Crippen LogP contribution in [0.1, 0.15) is 34.3 Å². The van der Waals surface area contributed by atoms with Gasteiger partial charge in [-0.05, 0) is 43.4 Å². The van der Waals surface area contributed by atoms with Crippen LogP contribution in [-0.4, -0.2) is 74.0 Å². The van der Waals surface area contributed by atoms with Crippen LogP contribution in [0.15, 0.2) is 21.3 Å². The summed E-state index contributed by atoms with van der Waals surface area (Å²) < 4.78 is 10.9.